The van der Waals surface area contributed by atoms with E-state index in [-0.39, 0.29) is 4.90 Å². The van der Waals surface area contributed by atoms with Crippen LogP contribution in [-0.4, -0.2) is 19.3 Å². The van der Waals surface area contributed by atoms with Gasteiger partial charge in [0.1, 0.15) is 0 Å². The molecule has 0 aromatic heterocycles. The number of esters is 1. The van der Waals surface area contributed by atoms with Crippen LogP contribution >= 0.6 is 11.8 Å². The molecular formula is C10H9F3O2S. The molecule has 0 saturated heterocycles. The van der Waals surface area contributed by atoms with E-state index in [1.54, 1.807) is 0 Å². The molecule has 6 heteroatoms. The van der Waals surface area contributed by atoms with Gasteiger partial charge in [-0.3, -0.25) is 0 Å². The lowest BCUT2D eigenvalue weighted by Crippen LogP contribution is -2.15. The highest BCUT2D eigenvalue weighted by molar-refractivity contribution is 7.98. The molecule has 88 valence electrons. The second kappa shape index (κ2) is 4.78. The van der Waals surface area contributed by atoms with Gasteiger partial charge in [-0.05, 0) is 18.4 Å². The highest BCUT2D eigenvalue weighted by Crippen LogP contribution is 2.38. The van der Waals surface area contributed by atoms with Gasteiger partial charge in [0.05, 0.1) is 18.2 Å². The van der Waals surface area contributed by atoms with Crippen LogP contribution in [0.25, 0.3) is 0 Å². The van der Waals surface area contributed by atoms with Gasteiger partial charge >= 0.3 is 12.1 Å². The standard InChI is InChI=1S/C10H9F3O2S/c1-15-9(14)6-4-3-5-7(16-2)8(6)10(11,12)13/h3-5H,1-2H3. The molecule has 0 aliphatic heterocycles. The van der Waals surface area contributed by atoms with Gasteiger partial charge in [0.15, 0.2) is 0 Å². The third-order valence-electron chi connectivity index (χ3n) is 1.93. The quantitative estimate of drug-likeness (QED) is 0.595. The van der Waals surface area contributed by atoms with Crippen molar-refractivity contribution in [3.63, 3.8) is 0 Å². The summed E-state index contributed by atoms with van der Waals surface area (Å²) in [6, 6.07) is 3.82. The van der Waals surface area contributed by atoms with Crippen LogP contribution in [0.1, 0.15) is 15.9 Å². The Balaban J connectivity index is 3.44. The van der Waals surface area contributed by atoms with Gasteiger partial charge in [-0.25, -0.2) is 4.79 Å². The molecule has 0 spiro atoms. The minimum atomic E-state index is -4.57. The van der Waals surface area contributed by atoms with Gasteiger partial charge in [-0.1, -0.05) is 6.07 Å². The largest absolute Gasteiger partial charge is 0.465 e. The fourth-order valence-electron chi connectivity index (χ4n) is 1.27. The number of carbonyl (C=O) groups is 1. The SMILES string of the molecule is COC(=O)c1cccc(SC)c1C(F)(F)F. The Bertz CT molecular complexity index is 402. The number of carbonyl (C=O) groups excluding carboxylic acids is 1. The maximum Gasteiger partial charge on any atom is 0.418 e. The van der Waals surface area contributed by atoms with Crippen molar-refractivity contribution < 1.29 is 22.7 Å². The number of hydrogen-bond donors (Lipinski definition) is 0. The highest BCUT2D eigenvalue weighted by Gasteiger charge is 2.38. The molecular weight excluding hydrogens is 241 g/mol. The van der Waals surface area contributed by atoms with Crippen LogP contribution in [0, 0.1) is 0 Å². The van der Waals surface area contributed by atoms with E-state index >= 15 is 0 Å². The Labute approximate surface area is 94.8 Å². The van der Waals surface area contributed by atoms with Gasteiger partial charge in [-0.15, -0.1) is 11.8 Å². The number of benzene rings is 1. The van der Waals surface area contributed by atoms with E-state index in [9.17, 15) is 18.0 Å². The first-order chi connectivity index (χ1) is 7.41. The summed E-state index contributed by atoms with van der Waals surface area (Å²) in [6.07, 6.45) is -3.05. The maximum atomic E-state index is 12.8. The third kappa shape index (κ3) is 2.49. The van der Waals surface area contributed by atoms with E-state index in [1.165, 1.54) is 18.4 Å². The van der Waals surface area contributed by atoms with Crippen molar-refractivity contribution in [2.45, 2.75) is 11.1 Å². The Hall–Kier alpha value is -1.17. The van der Waals surface area contributed by atoms with E-state index in [0.29, 0.717) is 0 Å². The van der Waals surface area contributed by atoms with E-state index < -0.39 is 23.3 Å². The summed E-state index contributed by atoms with van der Waals surface area (Å²) in [7, 11) is 1.05. The summed E-state index contributed by atoms with van der Waals surface area (Å²) in [5.74, 6) is -0.983. The lowest BCUT2D eigenvalue weighted by atomic mass is 10.1. The van der Waals surface area contributed by atoms with Crippen LogP contribution in [0.4, 0.5) is 13.2 Å². The van der Waals surface area contributed by atoms with Gasteiger partial charge in [0.2, 0.25) is 0 Å². The van der Waals surface area contributed by atoms with Crippen LogP contribution in [0.5, 0.6) is 0 Å². The molecule has 0 saturated carbocycles. The topological polar surface area (TPSA) is 26.3 Å². The molecule has 0 aliphatic carbocycles. The zero-order valence-electron chi connectivity index (χ0n) is 8.59. The predicted octanol–water partition coefficient (Wildman–Crippen LogP) is 3.21. The van der Waals surface area contributed by atoms with Crippen molar-refractivity contribution in [3.05, 3.63) is 29.3 Å². The summed E-state index contributed by atoms with van der Waals surface area (Å²) in [4.78, 5) is 11.2. The smallest absolute Gasteiger partial charge is 0.418 e. The lowest BCUT2D eigenvalue weighted by molar-refractivity contribution is -0.140. The highest BCUT2D eigenvalue weighted by atomic mass is 32.2. The Morgan fingerprint density at radius 3 is 2.44 bits per heavy atom. The van der Waals surface area contributed by atoms with Crippen molar-refractivity contribution in [1.29, 1.82) is 0 Å². The molecule has 0 unspecified atom stereocenters. The number of halogens is 3. The van der Waals surface area contributed by atoms with Crippen LogP contribution in [0.3, 0.4) is 0 Å². The number of ether oxygens (including phenoxy) is 1. The summed E-state index contributed by atoms with van der Waals surface area (Å²) < 4.78 is 42.6. The van der Waals surface area contributed by atoms with Crippen molar-refractivity contribution in [2.24, 2.45) is 0 Å². The number of rotatable bonds is 2. The third-order valence-corrected chi connectivity index (χ3v) is 2.71. The van der Waals surface area contributed by atoms with Crippen LogP contribution in [0.15, 0.2) is 23.1 Å². The van der Waals surface area contributed by atoms with Crippen molar-refractivity contribution in [1.82, 2.24) is 0 Å². The minimum Gasteiger partial charge on any atom is -0.465 e. The number of hydrogen-bond acceptors (Lipinski definition) is 3. The van der Waals surface area contributed by atoms with E-state index in [4.69, 9.17) is 0 Å². The fourth-order valence-corrected chi connectivity index (χ4v) is 1.92. The van der Waals surface area contributed by atoms with Crippen LogP contribution in [-0.2, 0) is 10.9 Å². The molecule has 0 aliphatic rings. The monoisotopic (exact) mass is 250 g/mol. The lowest BCUT2D eigenvalue weighted by Gasteiger charge is -2.14. The van der Waals surface area contributed by atoms with Crippen LogP contribution in [0.2, 0.25) is 0 Å². The molecule has 16 heavy (non-hydrogen) atoms. The molecule has 0 amide bonds. The van der Waals surface area contributed by atoms with E-state index in [1.807, 2.05) is 0 Å². The number of alkyl halides is 3. The van der Waals surface area contributed by atoms with Crippen LogP contribution < -0.4 is 0 Å². The Morgan fingerprint density at radius 1 is 1.38 bits per heavy atom. The number of methoxy groups -OCH3 is 1. The molecule has 2 nitrogen and oxygen atoms in total. The summed E-state index contributed by atoms with van der Waals surface area (Å²) >= 11 is 0.937. The normalized spacial score (nSPS) is 11.3. The zero-order valence-corrected chi connectivity index (χ0v) is 9.41. The first-order valence-electron chi connectivity index (χ1n) is 4.24. The summed E-state index contributed by atoms with van der Waals surface area (Å²) in [5, 5.41) is 0. The molecule has 0 N–H and O–H groups in total. The molecule has 0 heterocycles. The fraction of sp³-hybridized carbons (Fsp3) is 0.300. The molecule has 1 rings (SSSR count). The molecule has 0 bridgehead atoms. The molecule has 0 radical (unpaired) electrons. The zero-order chi connectivity index (χ0) is 12.3. The molecule has 1 aromatic rings. The first kappa shape index (κ1) is 12.9. The Kier molecular flexibility index (Phi) is 3.85. The number of thioether (sulfide) groups is 1. The van der Waals surface area contributed by atoms with Gasteiger partial charge in [-0.2, -0.15) is 13.2 Å². The second-order valence-electron chi connectivity index (χ2n) is 2.87. The minimum absolute atomic E-state index is 0.00963. The van der Waals surface area contributed by atoms with Gasteiger partial charge in [0, 0.05) is 4.90 Å². The summed E-state index contributed by atoms with van der Waals surface area (Å²) in [6.45, 7) is 0. The Morgan fingerprint density at radius 2 is 2.00 bits per heavy atom. The van der Waals surface area contributed by atoms with Crippen molar-refractivity contribution in [2.75, 3.05) is 13.4 Å². The predicted molar refractivity (Wildman–Crippen MR) is 54.6 cm³/mol. The maximum absolute atomic E-state index is 12.8. The average molecular weight is 250 g/mol. The average Bonchev–Trinajstić information content (AvgIpc) is 2.25. The first-order valence-corrected chi connectivity index (χ1v) is 5.46. The second-order valence-corrected chi connectivity index (χ2v) is 3.72. The van der Waals surface area contributed by atoms with Crippen molar-refractivity contribution in [3.8, 4) is 0 Å². The van der Waals surface area contributed by atoms with E-state index in [2.05, 4.69) is 4.74 Å². The van der Waals surface area contributed by atoms with Crippen molar-refractivity contribution >= 4 is 17.7 Å². The molecule has 0 atom stereocenters. The van der Waals surface area contributed by atoms with E-state index in [0.717, 1.165) is 24.9 Å². The van der Waals surface area contributed by atoms with Gasteiger partial charge in [0.25, 0.3) is 0 Å². The summed E-state index contributed by atoms with van der Waals surface area (Å²) in [5.41, 5.74) is -1.39. The molecule has 1 aromatic carbocycles. The molecule has 0 fully saturated rings. The van der Waals surface area contributed by atoms with Gasteiger partial charge < -0.3 is 4.74 Å².